The summed E-state index contributed by atoms with van der Waals surface area (Å²) in [7, 11) is 0. The first-order chi connectivity index (χ1) is 12.6. The van der Waals surface area contributed by atoms with Gasteiger partial charge in [0.15, 0.2) is 0 Å². The highest BCUT2D eigenvalue weighted by atomic mass is 32.2. The van der Waals surface area contributed by atoms with E-state index in [1.54, 1.807) is 0 Å². The highest BCUT2D eigenvalue weighted by Crippen LogP contribution is 2.38. The molecule has 0 aromatic heterocycles. The molecule has 0 saturated heterocycles. The minimum absolute atomic E-state index is 0.279. The molecular formula is C20H22FNO2S2. The molecule has 1 unspecified atom stereocenters. The van der Waals surface area contributed by atoms with Crippen LogP contribution < -0.4 is 4.74 Å². The number of rotatable bonds is 5. The Morgan fingerprint density at radius 3 is 2.65 bits per heavy atom. The Labute approximate surface area is 163 Å². The van der Waals surface area contributed by atoms with Crippen LogP contribution in [0.2, 0.25) is 0 Å². The van der Waals surface area contributed by atoms with E-state index in [4.69, 9.17) is 21.7 Å². The van der Waals surface area contributed by atoms with Crippen LogP contribution >= 0.6 is 24.0 Å². The number of fused-ring (bicyclic) bond motifs is 1. The van der Waals surface area contributed by atoms with Gasteiger partial charge in [0.1, 0.15) is 15.9 Å². The summed E-state index contributed by atoms with van der Waals surface area (Å²) in [4.78, 5) is 2.11. The van der Waals surface area contributed by atoms with E-state index in [1.165, 1.54) is 23.9 Å². The van der Waals surface area contributed by atoms with E-state index < -0.39 is 6.29 Å². The van der Waals surface area contributed by atoms with E-state index >= 15 is 0 Å². The third kappa shape index (κ3) is 4.37. The van der Waals surface area contributed by atoms with Gasteiger partial charge in [-0.05, 0) is 26.0 Å². The molecule has 2 aromatic rings. The smallest absolute Gasteiger partial charge is 0.227 e. The molecule has 0 fully saturated rings. The van der Waals surface area contributed by atoms with Crippen LogP contribution in [0, 0.1) is 5.82 Å². The van der Waals surface area contributed by atoms with Crippen molar-refractivity contribution in [3.63, 3.8) is 0 Å². The van der Waals surface area contributed by atoms with Gasteiger partial charge in [0, 0.05) is 35.5 Å². The molecule has 1 aliphatic heterocycles. The Bertz CT molecular complexity index is 766. The lowest BCUT2D eigenvalue weighted by Gasteiger charge is -2.29. The summed E-state index contributed by atoms with van der Waals surface area (Å²) in [5, 5.41) is 0. The van der Waals surface area contributed by atoms with Crippen molar-refractivity contribution < 1.29 is 13.9 Å². The zero-order valence-corrected chi connectivity index (χ0v) is 16.5. The lowest BCUT2D eigenvalue weighted by atomic mass is 10.1. The second-order valence-corrected chi connectivity index (χ2v) is 7.56. The Hall–Kier alpha value is -1.63. The molecule has 1 aliphatic rings. The van der Waals surface area contributed by atoms with E-state index in [2.05, 4.69) is 18.7 Å². The Kier molecular flexibility index (Phi) is 6.51. The van der Waals surface area contributed by atoms with E-state index in [1.807, 2.05) is 30.3 Å². The van der Waals surface area contributed by atoms with Crippen molar-refractivity contribution >= 4 is 28.3 Å². The molecular weight excluding hydrogens is 369 g/mol. The van der Waals surface area contributed by atoms with E-state index in [0.29, 0.717) is 18.1 Å². The van der Waals surface area contributed by atoms with Crippen molar-refractivity contribution in [2.24, 2.45) is 0 Å². The topological polar surface area (TPSA) is 21.7 Å². The summed E-state index contributed by atoms with van der Waals surface area (Å²) in [6, 6.07) is 12.8. The van der Waals surface area contributed by atoms with Crippen molar-refractivity contribution in [3.05, 3.63) is 65.0 Å². The number of ether oxygens (including phenoxy) is 2. The largest absolute Gasteiger partial charge is 0.460 e. The van der Waals surface area contributed by atoms with Crippen LogP contribution in [0.4, 0.5) is 4.39 Å². The Morgan fingerprint density at radius 1 is 1.23 bits per heavy atom. The summed E-state index contributed by atoms with van der Waals surface area (Å²) in [5.41, 5.74) is 2.49. The summed E-state index contributed by atoms with van der Waals surface area (Å²) in [6.07, 6.45) is -0.479. The van der Waals surface area contributed by atoms with Crippen molar-refractivity contribution in [1.29, 1.82) is 0 Å². The molecule has 3 nitrogen and oxygen atoms in total. The van der Waals surface area contributed by atoms with Crippen LogP contribution in [0.25, 0.3) is 0 Å². The van der Waals surface area contributed by atoms with Gasteiger partial charge in [-0.15, -0.1) is 0 Å². The molecule has 0 saturated carbocycles. The molecule has 0 N–H and O–H groups in total. The van der Waals surface area contributed by atoms with Gasteiger partial charge in [-0.3, -0.25) is 0 Å². The predicted molar refractivity (Wildman–Crippen MR) is 108 cm³/mol. The van der Waals surface area contributed by atoms with Crippen molar-refractivity contribution in [1.82, 2.24) is 4.90 Å². The van der Waals surface area contributed by atoms with Gasteiger partial charge in [-0.2, -0.15) is 0 Å². The van der Waals surface area contributed by atoms with Gasteiger partial charge in [-0.25, -0.2) is 4.39 Å². The van der Waals surface area contributed by atoms with E-state index in [-0.39, 0.29) is 5.82 Å². The van der Waals surface area contributed by atoms with Gasteiger partial charge in [0.25, 0.3) is 0 Å². The summed E-state index contributed by atoms with van der Waals surface area (Å²) >= 11 is 7.03. The molecule has 6 heteroatoms. The third-order valence-corrected chi connectivity index (χ3v) is 5.84. The molecule has 0 aliphatic carbocycles. The van der Waals surface area contributed by atoms with Gasteiger partial charge in [0.05, 0.1) is 6.61 Å². The second-order valence-electron chi connectivity index (χ2n) is 5.95. The maximum absolute atomic E-state index is 14.0. The molecule has 0 bridgehead atoms. The molecule has 0 amide bonds. The highest BCUT2D eigenvalue weighted by Gasteiger charge is 2.25. The van der Waals surface area contributed by atoms with Crippen molar-refractivity contribution in [2.75, 3.05) is 13.1 Å². The van der Waals surface area contributed by atoms with Gasteiger partial charge < -0.3 is 14.4 Å². The summed E-state index contributed by atoms with van der Waals surface area (Å²) in [5.74, 6) is 0.997. The fourth-order valence-corrected chi connectivity index (χ4v) is 4.24. The standard InChI is InChI=1S/C20H22FNO2S2/c1-3-22(4-2)20(25)26-13-16-11-17(21)10-15-12-23-19(24-18(15)16)14-8-6-5-7-9-14/h5-11,19H,3-4,12-13H2,1-2H3. The normalized spacial score (nSPS) is 15.9. The molecule has 1 heterocycles. The van der Waals surface area contributed by atoms with Crippen LogP contribution in [0.5, 0.6) is 5.75 Å². The molecule has 0 spiro atoms. The summed E-state index contributed by atoms with van der Waals surface area (Å²) in [6.45, 7) is 6.20. The summed E-state index contributed by atoms with van der Waals surface area (Å²) < 4.78 is 26.7. The number of nitrogens with zero attached hydrogens (tertiary/aromatic N) is 1. The number of thioether (sulfide) groups is 1. The number of hydrogen-bond donors (Lipinski definition) is 0. The SMILES string of the molecule is CCN(CC)C(=S)SCc1cc(F)cc2c1OC(c1ccccc1)OC2. The van der Waals surface area contributed by atoms with Crippen molar-refractivity contribution in [3.8, 4) is 5.75 Å². The lowest BCUT2D eigenvalue weighted by Crippen LogP contribution is -2.26. The molecule has 26 heavy (non-hydrogen) atoms. The zero-order chi connectivity index (χ0) is 18.5. The monoisotopic (exact) mass is 391 g/mol. The first-order valence-electron chi connectivity index (χ1n) is 8.68. The molecule has 1 atom stereocenters. The Balaban J connectivity index is 1.79. The zero-order valence-electron chi connectivity index (χ0n) is 14.9. The maximum atomic E-state index is 14.0. The number of halogens is 1. The predicted octanol–water partition coefficient (Wildman–Crippen LogP) is 5.29. The average Bonchev–Trinajstić information content (AvgIpc) is 2.67. The molecule has 0 radical (unpaired) electrons. The van der Waals surface area contributed by atoms with Gasteiger partial charge in [0.2, 0.25) is 6.29 Å². The average molecular weight is 392 g/mol. The first-order valence-corrected chi connectivity index (χ1v) is 10.1. The minimum atomic E-state index is -0.479. The fraction of sp³-hybridized carbons (Fsp3) is 0.350. The molecule has 2 aromatic carbocycles. The van der Waals surface area contributed by atoms with Crippen LogP contribution in [-0.4, -0.2) is 22.3 Å². The Morgan fingerprint density at radius 2 is 1.96 bits per heavy atom. The molecule has 3 rings (SSSR count). The number of thiocarbonyl (C=S) groups is 1. The van der Waals surface area contributed by atoms with Crippen molar-refractivity contribution in [2.45, 2.75) is 32.5 Å². The second kappa shape index (κ2) is 8.84. The highest BCUT2D eigenvalue weighted by molar-refractivity contribution is 8.22. The van der Waals surface area contributed by atoms with Crippen LogP contribution in [-0.2, 0) is 17.1 Å². The number of hydrogen-bond acceptors (Lipinski definition) is 4. The van der Waals surface area contributed by atoms with Crippen LogP contribution in [0.15, 0.2) is 42.5 Å². The molecule has 138 valence electrons. The maximum Gasteiger partial charge on any atom is 0.227 e. The fourth-order valence-electron chi connectivity index (χ4n) is 2.87. The van der Waals surface area contributed by atoms with Crippen LogP contribution in [0.3, 0.4) is 0 Å². The number of benzene rings is 2. The van der Waals surface area contributed by atoms with E-state index in [9.17, 15) is 4.39 Å². The third-order valence-electron chi connectivity index (χ3n) is 4.27. The van der Waals surface area contributed by atoms with Crippen LogP contribution in [0.1, 0.15) is 36.8 Å². The first kappa shape index (κ1) is 19.1. The minimum Gasteiger partial charge on any atom is -0.460 e. The van der Waals surface area contributed by atoms with Gasteiger partial charge >= 0.3 is 0 Å². The van der Waals surface area contributed by atoms with E-state index in [0.717, 1.165) is 34.1 Å². The quantitative estimate of drug-likeness (QED) is 0.644. The van der Waals surface area contributed by atoms with Gasteiger partial charge in [-0.1, -0.05) is 54.3 Å². The lowest BCUT2D eigenvalue weighted by molar-refractivity contribution is -0.112.